The van der Waals surface area contributed by atoms with Crippen molar-refractivity contribution in [3.05, 3.63) is 64.7 Å². The monoisotopic (exact) mass is 464 g/mol. The Hall–Kier alpha value is -2.37. The van der Waals surface area contributed by atoms with Crippen molar-refractivity contribution >= 4 is 5.91 Å². The fraction of sp³-hybridized carbons (Fsp3) is 0.552. The first-order valence-electron chi connectivity index (χ1n) is 13.1. The molecule has 5 heteroatoms. The van der Waals surface area contributed by atoms with Crippen LogP contribution in [0.3, 0.4) is 0 Å². The van der Waals surface area contributed by atoms with E-state index in [0.717, 1.165) is 68.6 Å². The maximum Gasteiger partial charge on any atom is 0.253 e. The fourth-order valence-electron chi connectivity index (χ4n) is 5.19. The summed E-state index contributed by atoms with van der Waals surface area (Å²) in [7, 11) is 0. The van der Waals surface area contributed by atoms with Crippen molar-refractivity contribution in [2.75, 3.05) is 39.4 Å². The predicted molar refractivity (Wildman–Crippen MR) is 136 cm³/mol. The second-order valence-corrected chi connectivity index (χ2v) is 9.92. The van der Waals surface area contributed by atoms with Crippen LogP contribution in [0.1, 0.15) is 72.5 Å². The molecule has 2 aliphatic rings. The quantitative estimate of drug-likeness (QED) is 0.700. The number of aliphatic hydroxyl groups is 1. The van der Waals surface area contributed by atoms with Gasteiger partial charge in [-0.3, -0.25) is 9.69 Å². The number of carbonyl (C=O) groups excluding carboxylic acids is 1. The molecular formula is C29H40N2O3. The smallest absolute Gasteiger partial charge is 0.253 e. The molecule has 0 saturated carbocycles. The number of piperidine rings is 1. The number of nitrogens with zero attached hydrogens (tertiary/aromatic N) is 2. The van der Waals surface area contributed by atoms with E-state index in [1.54, 1.807) is 0 Å². The molecule has 1 saturated heterocycles. The Kier molecular flexibility index (Phi) is 9.00. The van der Waals surface area contributed by atoms with Gasteiger partial charge >= 0.3 is 0 Å². The zero-order valence-corrected chi connectivity index (χ0v) is 20.7. The zero-order chi connectivity index (χ0) is 23.8. The molecule has 2 aromatic carbocycles. The van der Waals surface area contributed by atoms with E-state index in [2.05, 4.69) is 36.1 Å². The van der Waals surface area contributed by atoms with Crippen LogP contribution in [0, 0.1) is 5.92 Å². The lowest BCUT2D eigenvalue weighted by atomic mass is 9.96. The number of fused-ring (bicyclic) bond motifs is 3. The van der Waals surface area contributed by atoms with Gasteiger partial charge in [-0.2, -0.15) is 0 Å². The molecular weight excluding hydrogens is 424 g/mol. The Morgan fingerprint density at radius 3 is 2.65 bits per heavy atom. The van der Waals surface area contributed by atoms with Gasteiger partial charge in [0.1, 0.15) is 5.75 Å². The molecule has 0 atom stereocenters. The molecule has 184 valence electrons. The third-order valence-corrected chi connectivity index (χ3v) is 7.18. The van der Waals surface area contributed by atoms with Gasteiger partial charge in [0.05, 0.1) is 6.61 Å². The summed E-state index contributed by atoms with van der Waals surface area (Å²) in [5, 5.41) is 9.41. The lowest BCUT2D eigenvalue weighted by Gasteiger charge is -2.31. The van der Waals surface area contributed by atoms with Crippen molar-refractivity contribution < 1.29 is 14.6 Å². The van der Waals surface area contributed by atoms with Crippen LogP contribution in [0.25, 0.3) is 0 Å². The molecule has 0 radical (unpaired) electrons. The Balaban J connectivity index is 1.56. The van der Waals surface area contributed by atoms with Gasteiger partial charge in [-0.25, -0.2) is 0 Å². The number of aliphatic hydroxyl groups excluding tert-OH is 1. The zero-order valence-electron chi connectivity index (χ0n) is 20.7. The molecule has 1 amide bonds. The number of ether oxygens (including phenoxy) is 1. The molecule has 2 aliphatic heterocycles. The molecule has 2 heterocycles. The van der Waals surface area contributed by atoms with Crippen LogP contribution < -0.4 is 4.74 Å². The van der Waals surface area contributed by atoms with Crippen molar-refractivity contribution in [1.29, 1.82) is 0 Å². The second-order valence-electron chi connectivity index (χ2n) is 9.92. The van der Waals surface area contributed by atoms with Gasteiger partial charge in [-0.05, 0) is 92.4 Å². The number of hydrogen-bond acceptors (Lipinski definition) is 4. The fourth-order valence-corrected chi connectivity index (χ4v) is 5.19. The number of amides is 1. The van der Waals surface area contributed by atoms with E-state index in [0.29, 0.717) is 25.6 Å². The highest BCUT2D eigenvalue weighted by molar-refractivity contribution is 5.94. The number of carbonyl (C=O) groups is 1. The second kappa shape index (κ2) is 12.4. The highest BCUT2D eigenvalue weighted by Gasteiger charge is 2.24. The van der Waals surface area contributed by atoms with Crippen molar-refractivity contribution in [2.45, 2.75) is 58.4 Å². The first-order chi connectivity index (χ1) is 16.7. The van der Waals surface area contributed by atoms with Crippen LogP contribution >= 0.6 is 0 Å². The molecule has 0 spiro atoms. The Morgan fingerprint density at radius 2 is 1.85 bits per heavy atom. The number of hydrogen-bond donors (Lipinski definition) is 1. The first-order valence-corrected chi connectivity index (χ1v) is 13.1. The molecule has 4 rings (SSSR count). The van der Waals surface area contributed by atoms with E-state index < -0.39 is 0 Å². The molecule has 34 heavy (non-hydrogen) atoms. The molecule has 0 aliphatic carbocycles. The van der Waals surface area contributed by atoms with Crippen LogP contribution in [0.5, 0.6) is 5.75 Å². The summed E-state index contributed by atoms with van der Waals surface area (Å²) in [5.41, 5.74) is 4.42. The minimum atomic E-state index is 0.0857. The van der Waals surface area contributed by atoms with Gasteiger partial charge in [-0.15, -0.1) is 0 Å². The Bertz CT molecular complexity index is 937. The minimum absolute atomic E-state index is 0.0857. The van der Waals surface area contributed by atoms with Crippen LogP contribution in [-0.4, -0.2) is 60.2 Å². The Morgan fingerprint density at radius 1 is 1.03 bits per heavy atom. The lowest BCUT2D eigenvalue weighted by Crippen LogP contribution is -2.39. The third-order valence-electron chi connectivity index (χ3n) is 7.18. The maximum absolute atomic E-state index is 13.2. The van der Waals surface area contributed by atoms with Gasteiger partial charge in [-0.1, -0.05) is 31.2 Å². The van der Waals surface area contributed by atoms with Gasteiger partial charge in [0, 0.05) is 38.2 Å². The van der Waals surface area contributed by atoms with E-state index in [1.807, 2.05) is 23.1 Å². The van der Waals surface area contributed by atoms with E-state index in [9.17, 15) is 9.90 Å². The van der Waals surface area contributed by atoms with Crippen molar-refractivity contribution in [3.63, 3.8) is 0 Å². The predicted octanol–water partition coefficient (Wildman–Crippen LogP) is 4.90. The largest absolute Gasteiger partial charge is 0.493 e. The van der Waals surface area contributed by atoms with Crippen LogP contribution in [0.15, 0.2) is 42.5 Å². The SMILES string of the molecule is CCCN1CCCCCOc2ccc(C(=O)N3CCC(CO)CC3)cc2Cc2cccc(c2)C1. The highest BCUT2D eigenvalue weighted by Crippen LogP contribution is 2.27. The van der Waals surface area contributed by atoms with Crippen molar-refractivity contribution in [1.82, 2.24) is 9.80 Å². The van der Waals surface area contributed by atoms with Gasteiger partial charge in [0.2, 0.25) is 0 Å². The van der Waals surface area contributed by atoms with Crippen LogP contribution in [0.2, 0.25) is 0 Å². The van der Waals surface area contributed by atoms with Crippen molar-refractivity contribution in [3.8, 4) is 5.75 Å². The molecule has 0 unspecified atom stereocenters. The van der Waals surface area contributed by atoms with E-state index >= 15 is 0 Å². The molecule has 2 bridgehead atoms. The average Bonchev–Trinajstić information content (AvgIpc) is 2.86. The van der Waals surface area contributed by atoms with E-state index in [1.165, 1.54) is 24.0 Å². The summed E-state index contributed by atoms with van der Waals surface area (Å²) >= 11 is 0. The summed E-state index contributed by atoms with van der Waals surface area (Å²) in [6.07, 6.45) is 7.07. The number of benzene rings is 2. The highest BCUT2D eigenvalue weighted by atomic mass is 16.5. The molecule has 5 nitrogen and oxygen atoms in total. The number of likely N-dealkylation sites (tertiary alicyclic amines) is 1. The summed E-state index contributed by atoms with van der Waals surface area (Å²) in [6.45, 7) is 7.87. The standard InChI is InChI=1S/C29H40N2O3/c1-2-13-30-14-4-3-5-17-34-28-10-9-26(29(33)31-15-11-23(22-32)12-16-31)20-27(28)19-24-7-6-8-25(18-24)21-30/h6-10,18,20,23,32H,2-5,11-17,19,21-22H2,1H3. The lowest BCUT2D eigenvalue weighted by molar-refractivity contribution is 0.0650. The topological polar surface area (TPSA) is 53.0 Å². The van der Waals surface area contributed by atoms with E-state index in [4.69, 9.17) is 4.74 Å². The molecule has 1 N–H and O–H groups in total. The molecule has 0 aromatic heterocycles. The normalized spacial score (nSPS) is 18.6. The summed E-state index contributed by atoms with van der Waals surface area (Å²) in [4.78, 5) is 17.7. The van der Waals surface area contributed by atoms with Crippen molar-refractivity contribution in [2.24, 2.45) is 5.92 Å². The van der Waals surface area contributed by atoms with Gasteiger partial charge < -0.3 is 14.7 Å². The van der Waals surface area contributed by atoms with Crippen LogP contribution in [-0.2, 0) is 13.0 Å². The summed E-state index contributed by atoms with van der Waals surface area (Å²) in [5.74, 6) is 1.30. The molecule has 2 aromatic rings. The maximum atomic E-state index is 13.2. The van der Waals surface area contributed by atoms with Gasteiger partial charge in [0.25, 0.3) is 5.91 Å². The minimum Gasteiger partial charge on any atom is -0.493 e. The summed E-state index contributed by atoms with van der Waals surface area (Å²) in [6, 6.07) is 14.8. The summed E-state index contributed by atoms with van der Waals surface area (Å²) < 4.78 is 6.22. The Labute approximate surface area is 204 Å². The van der Waals surface area contributed by atoms with E-state index in [-0.39, 0.29) is 12.5 Å². The number of rotatable bonds is 4. The first kappa shape index (κ1) is 24.7. The molecule has 1 fully saturated rings. The van der Waals surface area contributed by atoms with Gasteiger partial charge in [0.15, 0.2) is 0 Å². The third kappa shape index (κ3) is 6.61. The van der Waals surface area contributed by atoms with Crippen LogP contribution in [0.4, 0.5) is 0 Å². The average molecular weight is 465 g/mol.